The molecule has 8 aromatic rings. The third kappa shape index (κ3) is 2.80. The first kappa shape index (κ1) is 25.3. The largest absolute Gasteiger partial charge is 0.331 e. The van der Waals surface area contributed by atoms with Crippen LogP contribution in [0.1, 0.15) is 29.2 Å². The van der Waals surface area contributed by atoms with Crippen LogP contribution in [0.2, 0.25) is 0 Å². The fourth-order valence-corrected chi connectivity index (χ4v) is 10.1. The van der Waals surface area contributed by atoms with Gasteiger partial charge < -0.3 is 9.47 Å². The van der Waals surface area contributed by atoms with Gasteiger partial charge in [-0.25, -0.2) is 0 Å². The van der Waals surface area contributed by atoms with Gasteiger partial charge >= 0.3 is 0 Å². The molecule has 2 aliphatic heterocycles. The van der Waals surface area contributed by atoms with Gasteiger partial charge in [0.15, 0.2) is 0 Å². The first-order valence-corrected chi connectivity index (χ1v) is 17.1. The van der Waals surface area contributed by atoms with Gasteiger partial charge in [0, 0.05) is 44.0 Å². The summed E-state index contributed by atoms with van der Waals surface area (Å²) in [6.45, 7) is 2.49. The number of allylic oxidation sites excluding steroid dienone is 2. The van der Waals surface area contributed by atoms with Crippen molar-refractivity contribution in [3.8, 4) is 16.8 Å². The second-order valence-electron chi connectivity index (χ2n) is 14.2. The first-order valence-electron chi connectivity index (χ1n) is 17.1. The Balaban J connectivity index is 1.36. The van der Waals surface area contributed by atoms with Gasteiger partial charge in [0.05, 0.1) is 28.5 Å². The van der Waals surface area contributed by atoms with E-state index in [9.17, 15) is 0 Å². The number of nitrogens with zero attached hydrogens (tertiary/aromatic N) is 2. The van der Waals surface area contributed by atoms with Crippen molar-refractivity contribution in [2.45, 2.75) is 24.8 Å². The van der Waals surface area contributed by atoms with Crippen LogP contribution in [0.3, 0.4) is 0 Å². The number of hydrogen-bond acceptors (Lipinski definition) is 1. The molecule has 0 amide bonds. The van der Waals surface area contributed by atoms with Crippen LogP contribution in [0, 0.1) is 0 Å². The molecule has 2 nitrogen and oxygen atoms in total. The Morgan fingerprint density at radius 3 is 2.27 bits per heavy atom. The van der Waals surface area contributed by atoms with E-state index in [1.807, 2.05) is 0 Å². The highest BCUT2D eigenvalue weighted by Crippen LogP contribution is 2.64. The van der Waals surface area contributed by atoms with E-state index in [1.165, 1.54) is 99.4 Å². The quantitative estimate of drug-likeness (QED) is 0.179. The molecule has 12 rings (SSSR count). The number of aromatic nitrogens is 1. The van der Waals surface area contributed by atoms with Crippen LogP contribution in [0.25, 0.3) is 65.7 Å². The fourth-order valence-electron chi connectivity index (χ4n) is 10.1. The highest BCUT2D eigenvalue weighted by Gasteiger charge is 2.55. The van der Waals surface area contributed by atoms with Crippen LogP contribution in [-0.2, 0) is 11.8 Å². The third-order valence-electron chi connectivity index (χ3n) is 11.9. The lowest BCUT2D eigenvalue weighted by molar-refractivity contribution is 0.573. The van der Waals surface area contributed by atoms with E-state index in [1.54, 1.807) is 0 Å². The van der Waals surface area contributed by atoms with E-state index in [-0.39, 0.29) is 11.5 Å². The SMILES string of the molecule is CC12C=CC=C3c4ccccc4N(c4c1c1c(c5ccccc45)c4c5ccccc5ccc4n1-c1cccc4c1-c1ccccc1C4)C32. The molecule has 224 valence electrons. The molecule has 0 saturated heterocycles. The standard InChI is InChI=1S/C46H30N2/c1-46-25-11-20-35-32-17-8-9-21-36(32)48(45(35)46)43-34-19-7-6-18-33(34)41-40-30-15-4-2-12-27(30)23-24-38(40)47(44(41)42(43)46)37-22-10-14-29-26-28-13-3-5-16-31(28)39(29)37/h2-25,45H,26H2,1H3. The number of para-hydroxylation sites is 1. The van der Waals surface area contributed by atoms with Gasteiger partial charge in [-0.1, -0.05) is 127 Å². The summed E-state index contributed by atoms with van der Waals surface area (Å²) < 4.78 is 2.66. The molecule has 48 heavy (non-hydrogen) atoms. The Hall–Kier alpha value is -5.86. The molecule has 2 unspecified atom stereocenters. The molecule has 3 heterocycles. The summed E-state index contributed by atoms with van der Waals surface area (Å²) in [6, 6.07) is 48.1. The lowest BCUT2D eigenvalue weighted by Gasteiger charge is -2.33. The van der Waals surface area contributed by atoms with Crippen molar-refractivity contribution in [1.29, 1.82) is 0 Å². The van der Waals surface area contributed by atoms with Crippen molar-refractivity contribution in [2.75, 3.05) is 4.90 Å². The Morgan fingerprint density at radius 1 is 0.625 bits per heavy atom. The predicted molar refractivity (Wildman–Crippen MR) is 201 cm³/mol. The minimum atomic E-state index is -0.238. The molecule has 4 aliphatic rings. The molecule has 0 N–H and O–H groups in total. The molecule has 0 spiro atoms. The summed E-state index contributed by atoms with van der Waals surface area (Å²) in [7, 11) is 0. The summed E-state index contributed by atoms with van der Waals surface area (Å²) in [6.07, 6.45) is 8.15. The highest BCUT2D eigenvalue weighted by molar-refractivity contribution is 6.32. The van der Waals surface area contributed by atoms with E-state index in [2.05, 4.69) is 162 Å². The maximum atomic E-state index is 2.69. The smallest absolute Gasteiger partial charge is 0.0729 e. The number of rotatable bonds is 1. The molecule has 0 fully saturated rings. The average Bonchev–Trinajstić information content (AvgIpc) is 3.86. The molecule has 0 radical (unpaired) electrons. The van der Waals surface area contributed by atoms with Gasteiger partial charge in [-0.2, -0.15) is 0 Å². The monoisotopic (exact) mass is 610 g/mol. The Labute approximate surface area is 278 Å². The zero-order chi connectivity index (χ0) is 31.3. The summed E-state index contributed by atoms with van der Waals surface area (Å²) in [4.78, 5) is 2.69. The van der Waals surface area contributed by atoms with Gasteiger partial charge in [0.25, 0.3) is 0 Å². The Kier molecular flexibility index (Phi) is 4.49. The van der Waals surface area contributed by atoms with Crippen LogP contribution >= 0.6 is 0 Å². The van der Waals surface area contributed by atoms with Gasteiger partial charge in [0.1, 0.15) is 0 Å². The molecular formula is C46H30N2. The molecule has 0 saturated carbocycles. The van der Waals surface area contributed by atoms with Gasteiger partial charge in [-0.3, -0.25) is 0 Å². The number of benzene rings is 7. The Bertz CT molecular complexity index is 2850. The van der Waals surface area contributed by atoms with Gasteiger partial charge in [-0.15, -0.1) is 0 Å². The van der Waals surface area contributed by atoms with Crippen LogP contribution in [-0.4, -0.2) is 10.6 Å². The number of fused-ring (bicyclic) bond motifs is 18. The molecule has 2 heteroatoms. The molecular weight excluding hydrogens is 581 g/mol. The lowest BCUT2D eigenvalue weighted by Crippen LogP contribution is -2.38. The molecule has 2 atom stereocenters. The van der Waals surface area contributed by atoms with Crippen molar-refractivity contribution in [3.05, 3.63) is 168 Å². The van der Waals surface area contributed by atoms with Gasteiger partial charge in [-0.05, 0) is 70.0 Å². The number of hydrogen-bond donors (Lipinski definition) is 0. The van der Waals surface area contributed by atoms with Crippen LogP contribution in [0.4, 0.5) is 11.4 Å². The van der Waals surface area contributed by atoms with Crippen molar-refractivity contribution in [1.82, 2.24) is 4.57 Å². The topological polar surface area (TPSA) is 8.17 Å². The van der Waals surface area contributed by atoms with Crippen LogP contribution in [0.15, 0.2) is 146 Å². The molecule has 2 aliphatic carbocycles. The van der Waals surface area contributed by atoms with Crippen molar-refractivity contribution >= 4 is 60.3 Å². The minimum Gasteiger partial charge on any atom is -0.331 e. The minimum absolute atomic E-state index is 0.203. The second-order valence-corrected chi connectivity index (χ2v) is 14.2. The van der Waals surface area contributed by atoms with E-state index < -0.39 is 0 Å². The summed E-state index contributed by atoms with van der Waals surface area (Å²) in [5.41, 5.74) is 16.1. The van der Waals surface area contributed by atoms with Crippen molar-refractivity contribution in [3.63, 3.8) is 0 Å². The average molecular weight is 611 g/mol. The summed E-state index contributed by atoms with van der Waals surface area (Å²) in [5.74, 6) is 0. The van der Waals surface area contributed by atoms with E-state index in [0.717, 1.165) is 6.42 Å². The number of anilines is 2. The van der Waals surface area contributed by atoms with Crippen molar-refractivity contribution < 1.29 is 0 Å². The van der Waals surface area contributed by atoms with E-state index >= 15 is 0 Å². The zero-order valence-corrected chi connectivity index (χ0v) is 26.5. The maximum Gasteiger partial charge on any atom is 0.0729 e. The van der Waals surface area contributed by atoms with Gasteiger partial charge in [0.2, 0.25) is 0 Å². The normalized spacial score (nSPS) is 19.6. The predicted octanol–water partition coefficient (Wildman–Crippen LogP) is 11.4. The van der Waals surface area contributed by atoms with Crippen LogP contribution in [0.5, 0.6) is 0 Å². The van der Waals surface area contributed by atoms with E-state index in [4.69, 9.17) is 0 Å². The molecule has 7 aromatic carbocycles. The third-order valence-corrected chi connectivity index (χ3v) is 11.9. The fraction of sp³-hybridized carbons (Fsp3) is 0.0870. The summed E-state index contributed by atoms with van der Waals surface area (Å²) in [5, 5.41) is 7.94. The lowest BCUT2D eigenvalue weighted by atomic mass is 9.71. The second kappa shape index (κ2) is 8.53. The van der Waals surface area contributed by atoms with E-state index in [0.29, 0.717) is 0 Å². The Morgan fingerprint density at radius 2 is 1.35 bits per heavy atom. The maximum absolute atomic E-state index is 2.69. The molecule has 1 aromatic heterocycles. The zero-order valence-electron chi connectivity index (χ0n) is 26.5. The molecule has 0 bridgehead atoms. The van der Waals surface area contributed by atoms with Crippen molar-refractivity contribution in [2.24, 2.45) is 0 Å². The van der Waals surface area contributed by atoms with Crippen LogP contribution < -0.4 is 4.90 Å². The summed E-state index contributed by atoms with van der Waals surface area (Å²) >= 11 is 0. The first-order chi connectivity index (χ1) is 23.7. The highest BCUT2D eigenvalue weighted by atomic mass is 15.2.